The Balaban J connectivity index is 3.61. The summed E-state index contributed by atoms with van der Waals surface area (Å²) in [5.74, 6) is -1.46. The maximum Gasteiger partial charge on any atom is 0.339 e. The molecule has 0 unspecified atom stereocenters. The number of esters is 2. The van der Waals surface area contributed by atoms with Crippen LogP contribution < -0.4 is 0 Å². The first-order valence-electron chi connectivity index (χ1n) is 5.82. The van der Waals surface area contributed by atoms with E-state index in [2.05, 4.69) is 9.47 Å². The summed E-state index contributed by atoms with van der Waals surface area (Å²) in [6.07, 6.45) is 0. The Kier molecular flexibility index (Phi) is 4.90. The summed E-state index contributed by atoms with van der Waals surface area (Å²) in [5, 5.41) is 11.2. The molecule has 0 radical (unpaired) electrons. The summed E-state index contributed by atoms with van der Waals surface area (Å²) in [6.45, 7) is 2.94. The van der Waals surface area contributed by atoms with Crippen molar-refractivity contribution in [2.45, 2.75) is 19.3 Å². The van der Waals surface area contributed by atoms with E-state index < -0.39 is 28.0 Å². The van der Waals surface area contributed by atoms with Gasteiger partial charge < -0.3 is 9.47 Å². The Bertz CT molecular complexity index is 611. The van der Waals surface area contributed by atoms with E-state index in [1.807, 2.05) is 0 Å². The highest BCUT2D eigenvalue weighted by molar-refractivity contribution is 6.33. The maximum absolute atomic E-state index is 11.8. The Hall–Kier alpha value is -2.15. The highest BCUT2D eigenvalue weighted by Crippen LogP contribution is 2.36. The number of benzene rings is 1. The van der Waals surface area contributed by atoms with E-state index in [1.54, 1.807) is 0 Å². The molecule has 1 aromatic rings. The van der Waals surface area contributed by atoms with Crippen LogP contribution in [0.25, 0.3) is 0 Å². The summed E-state index contributed by atoms with van der Waals surface area (Å²) >= 11 is 5.96. The van der Waals surface area contributed by atoms with Gasteiger partial charge in [0.15, 0.2) is 0 Å². The number of nitro benzene ring substituents is 1. The van der Waals surface area contributed by atoms with Gasteiger partial charge in [-0.1, -0.05) is 11.6 Å². The van der Waals surface area contributed by atoms with Crippen molar-refractivity contribution in [2.75, 3.05) is 14.2 Å². The number of methoxy groups -OCH3 is 2. The first kappa shape index (κ1) is 16.9. The van der Waals surface area contributed by atoms with Gasteiger partial charge in [-0.05, 0) is 19.9 Å². The van der Waals surface area contributed by atoms with Crippen molar-refractivity contribution in [1.29, 1.82) is 0 Å². The van der Waals surface area contributed by atoms with Crippen molar-refractivity contribution in [3.05, 3.63) is 38.4 Å². The van der Waals surface area contributed by atoms with Gasteiger partial charge in [-0.25, -0.2) is 4.79 Å². The number of nitrogens with zero attached hydrogens (tertiary/aromatic N) is 1. The molecule has 114 valence electrons. The Labute approximate surface area is 125 Å². The van der Waals surface area contributed by atoms with E-state index in [1.165, 1.54) is 27.0 Å². The summed E-state index contributed by atoms with van der Waals surface area (Å²) in [4.78, 5) is 33.9. The largest absolute Gasteiger partial charge is 0.468 e. The Morgan fingerprint density at radius 1 is 1.24 bits per heavy atom. The van der Waals surface area contributed by atoms with Crippen molar-refractivity contribution in [3.63, 3.8) is 0 Å². The summed E-state index contributed by atoms with van der Waals surface area (Å²) in [6, 6.07) is 2.21. The van der Waals surface area contributed by atoms with E-state index in [0.717, 1.165) is 13.2 Å². The number of rotatable bonds is 4. The van der Waals surface area contributed by atoms with Gasteiger partial charge in [0.05, 0.1) is 35.1 Å². The molecule has 0 fully saturated rings. The lowest BCUT2D eigenvalue weighted by Gasteiger charge is -2.22. The zero-order valence-electron chi connectivity index (χ0n) is 11.9. The minimum absolute atomic E-state index is 0.0422. The monoisotopic (exact) mass is 315 g/mol. The van der Waals surface area contributed by atoms with Gasteiger partial charge in [0.2, 0.25) is 0 Å². The summed E-state index contributed by atoms with van der Waals surface area (Å²) in [7, 11) is 2.32. The van der Waals surface area contributed by atoms with Crippen LogP contribution in [0.2, 0.25) is 5.02 Å². The maximum atomic E-state index is 11.8. The molecule has 1 aromatic carbocycles. The van der Waals surface area contributed by atoms with Crippen LogP contribution in [0.4, 0.5) is 5.69 Å². The SMILES string of the molecule is COC(=O)c1cc([N+](=O)[O-])c(C(C)(C)C(=O)OC)cc1Cl. The second-order valence-electron chi connectivity index (χ2n) is 4.71. The van der Waals surface area contributed by atoms with Crippen LogP contribution in [-0.2, 0) is 19.7 Å². The Morgan fingerprint density at radius 2 is 1.81 bits per heavy atom. The molecular weight excluding hydrogens is 302 g/mol. The zero-order valence-corrected chi connectivity index (χ0v) is 12.7. The molecule has 1 rings (SSSR count). The van der Waals surface area contributed by atoms with Gasteiger partial charge in [0.25, 0.3) is 5.69 Å². The highest BCUT2D eigenvalue weighted by atomic mass is 35.5. The molecule has 0 saturated heterocycles. The topological polar surface area (TPSA) is 95.7 Å². The van der Waals surface area contributed by atoms with Crippen LogP contribution in [-0.4, -0.2) is 31.1 Å². The number of hydrogen-bond acceptors (Lipinski definition) is 6. The van der Waals surface area contributed by atoms with E-state index >= 15 is 0 Å². The van der Waals surface area contributed by atoms with Gasteiger partial charge >= 0.3 is 11.9 Å². The van der Waals surface area contributed by atoms with Gasteiger partial charge in [-0.15, -0.1) is 0 Å². The lowest BCUT2D eigenvalue weighted by molar-refractivity contribution is -0.386. The summed E-state index contributed by atoms with van der Waals surface area (Å²) in [5.41, 5.74) is -1.79. The van der Waals surface area contributed by atoms with Crippen molar-refractivity contribution in [3.8, 4) is 0 Å². The van der Waals surface area contributed by atoms with Crippen molar-refractivity contribution < 1.29 is 24.0 Å². The van der Waals surface area contributed by atoms with Gasteiger partial charge in [-0.2, -0.15) is 0 Å². The Morgan fingerprint density at radius 3 is 2.24 bits per heavy atom. The minimum atomic E-state index is -1.30. The fourth-order valence-corrected chi connectivity index (χ4v) is 2.09. The molecular formula is C13H14ClNO6. The van der Waals surface area contributed by atoms with E-state index in [0.29, 0.717) is 0 Å². The van der Waals surface area contributed by atoms with Crippen molar-refractivity contribution >= 4 is 29.2 Å². The second kappa shape index (κ2) is 6.09. The fourth-order valence-electron chi connectivity index (χ4n) is 1.84. The third-order valence-corrected chi connectivity index (χ3v) is 3.37. The molecule has 0 atom stereocenters. The number of hydrogen-bond donors (Lipinski definition) is 0. The van der Waals surface area contributed by atoms with E-state index in [-0.39, 0.29) is 16.1 Å². The number of carbonyl (C=O) groups is 2. The van der Waals surface area contributed by atoms with Crippen LogP contribution in [0.3, 0.4) is 0 Å². The number of carbonyl (C=O) groups excluding carboxylic acids is 2. The van der Waals surface area contributed by atoms with Crippen LogP contribution >= 0.6 is 11.6 Å². The van der Waals surface area contributed by atoms with E-state index in [9.17, 15) is 19.7 Å². The summed E-state index contributed by atoms with van der Waals surface area (Å²) < 4.78 is 9.15. The molecule has 0 aromatic heterocycles. The first-order chi connectivity index (χ1) is 9.66. The van der Waals surface area contributed by atoms with Crippen molar-refractivity contribution in [2.24, 2.45) is 0 Å². The molecule has 0 N–H and O–H groups in total. The standard InChI is InChI=1S/C13H14ClNO6/c1-13(2,12(17)21-4)8-6-9(14)7(11(16)20-3)5-10(8)15(18)19/h5-6H,1-4H3. The molecule has 8 heteroatoms. The number of halogens is 1. The van der Waals surface area contributed by atoms with Crippen LogP contribution in [0.5, 0.6) is 0 Å². The van der Waals surface area contributed by atoms with Crippen LogP contribution in [0.15, 0.2) is 12.1 Å². The first-order valence-corrected chi connectivity index (χ1v) is 6.19. The molecule has 0 bridgehead atoms. The lowest BCUT2D eigenvalue weighted by atomic mass is 9.83. The highest BCUT2D eigenvalue weighted by Gasteiger charge is 2.38. The molecule has 21 heavy (non-hydrogen) atoms. The van der Waals surface area contributed by atoms with Gasteiger partial charge in [0.1, 0.15) is 0 Å². The normalized spacial score (nSPS) is 10.9. The minimum Gasteiger partial charge on any atom is -0.468 e. The molecule has 0 amide bonds. The molecule has 0 saturated carbocycles. The van der Waals surface area contributed by atoms with Crippen LogP contribution in [0, 0.1) is 10.1 Å². The molecule has 0 aliphatic heterocycles. The molecule has 0 aliphatic carbocycles. The predicted octanol–water partition coefficient (Wildman–Crippen LogP) is 2.49. The third-order valence-electron chi connectivity index (χ3n) is 3.06. The quantitative estimate of drug-likeness (QED) is 0.481. The third kappa shape index (κ3) is 3.13. The van der Waals surface area contributed by atoms with Gasteiger partial charge in [0, 0.05) is 11.6 Å². The molecule has 7 nitrogen and oxygen atoms in total. The molecule has 0 heterocycles. The average molecular weight is 316 g/mol. The second-order valence-corrected chi connectivity index (χ2v) is 5.12. The fraction of sp³-hybridized carbons (Fsp3) is 0.385. The molecule has 0 spiro atoms. The number of ether oxygens (including phenoxy) is 2. The smallest absolute Gasteiger partial charge is 0.339 e. The predicted molar refractivity (Wildman–Crippen MR) is 74.5 cm³/mol. The van der Waals surface area contributed by atoms with E-state index in [4.69, 9.17) is 11.6 Å². The van der Waals surface area contributed by atoms with Crippen molar-refractivity contribution in [1.82, 2.24) is 0 Å². The lowest BCUT2D eigenvalue weighted by Crippen LogP contribution is -2.31. The molecule has 0 aliphatic rings. The van der Waals surface area contributed by atoms with Crippen LogP contribution in [0.1, 0.15) is 29.8 Å². The zero-order chi connectivity index (χ0) is 16.4. The average Bonchev–Trinajstić information content (AvgIpc) is 2.44. The van der Waals surface area contributed by atoms with Gasteiger partial charge in [-0.3, -0.25) is 14.9 Å². The number of nitro groups is 1.